The zero-order chi connectivity index (χ0) is 37.5. The lowest BCUT2D eigenvalue weighted by molar-refractivity contribution is -0.170. The third-order valence-electron chi connectivity index (χ3n) is 10.0. The highest BCUT2D eigenvalue weighted by atomic mass is 127. The molecular weight excluding hydrogens is 783 g/mol. The molecule has 5 rings (SSSR count). The lowest BCUT2D eigenvalue weighted by Crippen LogP contribution is -2.49. The van der Waals surface area contributed by atoms with Gasteiger partial charge < -0.3 is 15.2 Å². The number of halogens is 2. The molecule has 1 fully saturated rings. The Morgan fingerprint density at radius 2 is 1.63 bits per heavy atom. The van der Waals surface area contributed by atoms with E-state index in [-0.39, 0.29) is 35.0 Å². The average Bonchev–Trinajstić information content (AvgIpc) is 3.58. The summed E-state index contributed by atoms with van der Waals surface area (Å²) in [7, 11) is 0. The highest BCUT2D eigenvalue weighted by Gasteiger charge is 2.43. The fourth-order valence-corrected chi connectivity index (χ4v) is 8.33. The van der Waals surface area contributed by atoms with Gasteiger partial charge in [0.05, 0.1) is 11.6 Å². The van der Waals surface area contributed by atoms with E-state index in [1.165, 1.54) is 11.1 Å². The fourth-order valence-electron chi connectivity index (χ4n) is 7.53. The number of aliphatic hydroxyl groups excluding tert-OH is 1. The summed E-state index contributed by atoms with van der Waals surface area (Å²) >= 11 is 9.04. The van der Waals surface area contributed by atoms with Gasteiger partial charge in [0.2, 0.25) is 0 Å². The van der Waals surface area contributed by atoms with E-state index in [1.807, 2.05) is 91.3 Å². The molecule has 3 aromatic rings. The number of ketones is 2. The minimum Gasteiger partial charge on any atom is -0.386 e. The lowest BCUT2D eigenvalue weighted by Gasteiger charge is -2.40. The van der Waals surface area contributed by atoms with Crippen molar-refractivity contribution in [3.8, 4) is 0 Å². The smallest absolute Gasteiger partial charge is 0.174 e. The standard InChI is InChI=1S/C44H52ClIN2O4/c1-6-7-14-30-15-13-18-34(30)31-21-23-33(24-22-31)44(32-16-9-8-10-17-32,35-19-11-12-20-36(35)45)52-42(51)38(48-46)28-47-37(25-29(2)3)41-39(49)26-43(4,5)27-40(41)50/h7-12,14-17,19-24,29,34,38,42,47-48,51H,6,13,18,25-28H2,1-5H3/b14-7+/t34-,38?,42?,44?/m1/s1. The molecule has 8 heteroatoms. The van der Waals surface area contributed by atoms with Gasteiger partial charge >= 0.3 is 0 Å². The monoisotopic (exact) mass is 834 g/mol. The van der Waals surface area contributed by atoms with E-state index in [4.69, 9.17) is 16.3 Å². The van der Waals surface area contributed by atoms with E-state index in [9.17, 15) is 14.7 Å². The highest BCUT2D eigenvalue weighted by Crippen LogP contribution is 2.45. The fraction of sp³-hybridized carbons (Fsp3) is 0.409. The van der Waals surface area contributed by atoms with Crippen LogP contribution in [0.15, 0.2) is 114 Å². The van der Waals surface area contributed by atoms with E-state index in [0.717, 1.165) is 30.4 Å². The Bertz CT molecular complexity index is 1780. The number of nitrogens with one attached hydrogen (secondary N) is 2. The Balaban J connectivity index is 1.53. The van der Waals surface area contributed by atoms with Crippen molar-refractivity contribution in [1.82, 2.24) is 8.85 Å². The number of allylic oxidation sites excluding steroid dienone is 6. The lowest BCUT2D eigenvalue weighted by atomic mass is 9.73. The first-order valence-electron chi connectivity index (χ1n) is 18.4. The van der Waals surface area contributed by atoms with E-state index < -0.39 is 17.9 Å². The maximum Gasteiger partial charge on any atom is 0.174 e. The first-order chi connectivity index (χ1) is 24.9. The van der Waals surface area contributed by atoms with Crippen LogP contribution >= 0.6 is 34.5 Å². The van der Waals surface area contributed by atoms with Crippen LogP contribution in [0.2, 0.25) is 5.02 Å². The quantitative estimate of drug-likeness (QED) is 0.0353. The average molecular weight is 835 g/mol. The van der Waals surface area contributed by atoms with Crippen LogP contribution in [-0.4, -0.2) is 35.5 Å². The molecule has 2 aliphatic carbocycles. The van der Waals surface area contributed by atoms with Gasteiger partial charge in [-0.05, 0) is 65.3 Å². The van der Waals surface area contributed by atoms with E-state index in [2.05, 4.69) is 72.1 Å². The largest absolute Gasteiger partial charge is 0.386 e. The van der Waals surface area contributed by atoms with E-state index >= 15 is 0 Å². The number of carbonyl (C=O) groups is 2. The molecule has 0 bridgehead atoms. The Hall–Kier alpha value is -3.08. The van der Waals surface area contributed by atoms with E-state index in [0.29, 0.717) is 41.5 Å². The van der Waals surface area contributed by atoms with Gasteiger partial charge in [-0.25, -0.2) is 0 Å². The number of aliphatic hydroxyl groups is 1. The van der Waals surface area contributed by atoms with Crippen LogP contribution in [0.3, 0.4) is 0 Å². The summed E-state index contributed by atoms with van der Waals surface area (Å²) in [5, 5.41) is 16.0. The van der Waals surface area contributed by atoms with Crippen molar-refractivity contribution in [2.45, 2.75) is 97.0 Å². The second-order valence-corrected chi connectivity index (χ2v) is 16.2. The van der Waals surface area contributed by atoms with Gasteiger partial charge in [0.1, 0.15) is 5.60 Å². The predicted octanol–water partition coefficient (Wildman–Crippen LogP) is 9.89. The van der Waals surface area contributed by atoms with Gasteiger partial charge in [0.15, 0.2) is 17.9 Å². The van der Waals surface area contributed by atoms with Gasteiger partial charge in [-0.2, -0.15) is 0 Å². The van der Waals surface area contributed by atoms with Gasteiger partial charge in [-0.1, -0.05) is 137 Å². The maximum absolute atomic E-state index is 13.3. The highest BCUT2D eigenvalue weighted by molar-refractivity contribution is 14.1. The number of hydrogen-bond donors (Lipinski definition) is 3. The van der Waals surface area contributed by atoms with Crippen LogP contribution < -0.4 is 8.85 Å². The predicted molar refractivity (Wildman–Crippen MR) is 219 cm³/mol. The number of hydrogen-bond acceptors (Lipinski definition) is 6. The first-order valence-corrected chi connectivity index (χ1v) is 19.9. The molecule has 0 radical (unpaired) electrons. The van der Waals surface area contributed by atoms with Crippen molar-refractivity contribution in [2.24, 2.45) is 11.3 Å². The molecule has 1 saturated carbocycles. The number of Topliss-reactive ketones (excluding diaryl/α,β-unsaturated/α-hetero) is 2. The topological polar surface area (TPSA) is 87.7 Å². The van der Waals surface area contributed by atoms with Gasteiger partial charge in [-0.3, -0.25) is 13.1 Å². The van der Waals surface area contributed by atoms with Gasteiger partial charge in [0.25, 0.3) is 0 Å². The molecule has 0 heterocycles. The Morgan fingerprint density at radius 3 is 2.25 bits per heavy atom. The summed E-state index contributed by atoms with van der Waals surface area (Å²) in [5.74, 6) is 0.251. The molecule has 0 amide bonds. The van der Waals surface area contributed by atoms with Crippen molar-refractivity contribution in [1.29, 1.82) is 0 Å². The Labute approximate surface area is 328 Å². The number of ether oxygens (including phenoxy) is 1. The molecule has 3 N–H and O–H groups in total. The van der Waals surface area contributed by atoms with Gasteiger partial charge in [-0.15, -0.1) is 0 Å². The summed E-state index contributed by atoms with van der Waals surface area (Å²) in [5.41, 5.74) is 4.13. The molecule has 3 unspecified atom stereocenters. The third kappa shape index (κ3) is 9.16. The molecule has 0 aliphatic heterocycles. The zero-order valence-corrected chi connectivity index (χ0v) is 33.8. The minimum absolute atomic E-state index is 0.132. The van der Waals surface area contributed by atoms with Crippen LogP contribution in [0.5, 0.6) is 0 Å². The summed E-state index contributed by atoms with van der Waals surface area (Å²) < 4.78 is 10.2. The van der Waals surface area contributed by atoms with Crippen LogP contribution in [0.4, 0.5) is 0 Å². The van der Waals surface area contributed by atoms with Crippen LogP contribution in [0.25, 0.3) is 0 Å². The van der Waals surface area contributed by atoms with Crippen LogP contribution in [0, 0.1) is 11.3 Å². The molecule has 2 aliphatic rings. The van der Waals surface area contributed by atoms with Crippen molar-refractivity contribution in [2.75, 3.05) is 6.54 Å². The number of carbonyl (C=O) groups excluding carboxylic acids is 2. The Morgan fingerprint density at radius 1 is 1.00 bits per heavy atom. The zero-order valence-electron chi connectivity index (χ0n) is 30.9. The van der Waals surface area contributed by atoms with E-state index in [1.54, 1.807) is 0 Å². The molecule has 4 atom stereocenters. The number of rotatable bonds is 15. The summed E-state index contributed by atoms with van der Waals surface area (Å²) in [6.45, 7) is 10.4. The second kappa shape index (κ2) is 17.8. The Kier molecular flexibility index (Phi) is 13.8. The first kappa shape index (κ1) is 40.1. The second-order valence-electron chi connectivity index (χ2n) is 15.2. The summed E-state index contributed by atoms with van der Waals surface area (Å²) in [6.07, 6.45) is 9.71. The molecule has 0 aromatic heterocycles. The molecule has 276 valence electrons. The normalized spacial score (nSPS) is 19.8. The van der Waals surface area contributed by atoms with Crippen LogP contribution in [-0.2, 0) is 19.9 Å². The molecule has 0 spiro atoms. The van der Waals surface area contributed by atoms with Gasteiger partial charge in [0, 0.05) is 64.5 Å². The molecular formula is C44H52ClIN2O4. The third-order valence-corrected chi connectivity index (χ3v) is 11.1. The summed E-state index contributed by atoms with van der Waals surface area (Å²) in [4.78, 5) is 26.7. The SMILES string of the molecule is CC/C=C/C1=CCC[C@H]1c1ccc(C(OC(O)C(CNC(CC(C)C)=C2C(=O)CC(C)(C)CC2=O)NI)(c2ccccc2)c2ccccc2Cl)cc1. The maximum atomic E-state index is 13.3. The summed E-state index contributed by atoms with van der Waals surface area (Å²) in [6, 6.07) is 25.3. The molecule has 0 saturated heterocycles. The number of benzene rings is 3. The molecule has 3 aromatic carbocycles. The van der Waals surface area contributed by atoms with Crippen molar-refractivity contribution >= 4 is 46.0 Å². The minimum atomic E-state index is -1.36. The molecule has 52 heavy (non-hydrogen) atoms. The van der Waals surface area contributed by atoms with Crippen molar-refractivity contribution in [3.63, 3.8) is 0 Å². The van der Waals surface area contributed by atoms with Crippen molar-refractivity contribution in [3.05, 3.63) is 141 Å². The van der Waals surface area contributed by atoms with Crippen molar-refractivity contribution < 1.29 is 19.4 Å². The van der Waals surface area contributed by atoms with Crippen LogP contribution in [0.1, 0.15) is 101 Å². The molecule has 6 nitrogen and oxygen atoms in total.